The molecule has 2 aliphatic carbocycles. The first-order valence-electron chi connectivity index (χ1n) is 4.57. The van der Waals surface area contributed by atoms with E-state index in [2.05, 4.69) is 0 Å². The van der Waals surface area contributed by atoms with Gasteiger partial charge in [0.25, 0.3) is 0 Å². The first kappa shape index (κ1) is 6.66. The smallest absolute Gasteiger partial charge is 0.00433 e. The highest BCUT2D eigenvalue weighted by Crippen LogP contribution is 2.60. The van der Waals surface area contributed by atoms with Gasteiger partial charge in [-0.25, -0.2) is 0 Å². The quantitative estimate of drug-likeness (QED) is 0.590. The van der Waals surface area contributed by atoms with Gasteiger partial charge in [0.15, 0.2) is 0 Å². The summed E-state index contributed by atoms with van der Waals surface area (Å²) < 4.78 is 0. The van der Waals surface area contributed by atoms with Crippen molar-refractivity contribution in [1.82, 2.24) is 0 Å². The van der Waals surface area contributed by atoms with E-state index in [0.717, 1.165) is 17.9 Å². The molecule has 0 amide bonds. The maximum atomic E-state index is 5.64. The Hall–Kier alpha value is -0.0400. The highest BCUT2D eigenvalue weighted by molar-refractivity contribution is 5.03. The van der Waals surface area contributed by atoms with Crippen molar-refractivity contribution in [3.8, 4) is 0 Å². The molecule has 1 heteroatoms. The predicted octanol–water partition coefficient (Wildman–Crippen LogP) is 1.92. The number of hydrogen-bond acceptors (Lipinski definition) is 1. The molecule has 0 aliphatic heterocycles. The minimum Gasteiger partial charge on any atom is -0.330 e. The largest absolute Gasteiger partial charge is 0.330 e. The van der Waals surface area contributed by atoms with Crippen LogP contribution >= 0.6 is 0 Å². The fourth-order valence-corrected chi connectivity index (χ4v) is 2.63. The Balaban J connectivity index is 1.92. The van der Waals surface area contributed by atoms with Gasteiger partial charge in [0.2, 0.25) is 0 Å². The molecule has 2 fully saturated rings. The zero-order chi connectivity index (χ0) is 7.03. The van der Waals surface area contributed by atoms with Crippen molar-refractivity contribution < 1.29 is 0 Å². The molecule has 1 nitrogen and oxygen atoms in total. The van der Waals surface area contributed by atoms with E-state index in [4.69, 9.17) is 5.73 Å². The molecule has 1 spiro atoms. The normalized spacial score (nSPS) is 36.3. The van der Waals surface area contributed by atoms with Crippen LogP contribution in [0.2, 0.25) is 0 Å². The average Bonchev–Trinajstić information content (AvgIpc) is 2.65. The molecule has 58 valence electrons. The lowest BCUT2D eigenvalue weighted by Gasteiger charge is -2.21. The topological polar surface area (TPSA) is 26.0 Å². The Morgan fingerprint density at radius 2 is 1.90 bits per heavy atom. The lowest BCUT2D eigenvalue weighted by Crippen LogP contribution is -2.14. The molecule has 0 saturated heterocycles. The lowest BCUT2D eigenvalue weighted by molar-refractivity contribution is 0.309. The van der Waals surface area contributed by atoms with Gasteiger partial charge in [-0.2, -0.15) is 0 Å². The molecule has 0 unspecified atom stereocenters. The van der Waals surface area contributed by atoms with E-state index < -0.39 is 0 Å². The molecule has 0 radical (unpaired) electrons. The molecular formula is C9H17N. The second-order valence-corrected chi connectivity index (χ2v) is 4.06. The van der Waals surface area contributed by atoms with E-state index in [1.54, 1.807) is 0 Å². The summed E-state index contributed by atoms with van der Waals surface area (Å²) in [5.41, 5.74) is 6.41. The molecule has 0 aromatic rings. The summed E-state index contributed by atoms with van der Waals surface area (Å²) in [7, 11) is 0. The number of hydrogen-bond donors (Lipinski definition) is 1. The maximum Gasteiger partial charge on any atom is -0.00433 e. The van der Waals surface area contributed by atoms with Gasteiger partial charge < -0.3 is 5.73 Å². The summed E-state index contributed by atoms with van der Waals surface area (Å²) in [6, 6.07) is 0. The molecule has 1 atom stereocenters. The van der Waals surface area contributed by atoms with Gasteiger partial charge in [0.1, 0.15) is 0 Å². The molecule has 2 saturated carbocycles. The molecule has 0 aromatic heterocycles. The second-order valence-electron chi connectivity index (χ2n) is 4.06. The SMILES string of the molecule is NC[C@H]1CC12CCCCC2. The van der Waals surface area contributed by atoms with Crippen LogP contribution in [0.3, 0.4) is 0 Å². The Labute approximate surface area is 63.0 Å². The van der Waals surface area contributed by atoms with Gasteiger partial charge in [-0.05, 0) is 37.1 Å². The van der Waals surface area contributed by atoms with Gasteiger partial charge in [0, 0.05) is 0 Å². The predicted molar refractivity (Wildman–Crippen MR) is 42.7 cm³/mol. The summed E-state index contributed by atoms with van der Waals surface area (Å²) in [5, 5.41) is 0. The third-order valence-corrected chi connectivity index (χ3v) is 3.49. The monoisotopic (exact) mass is 139 g/mol. The molecule has 2 N–H and O–H groups in total. The summed E-state index contributed by atoms with van der Waals surface area (Å²) in [6.45, 7) is 0.944. The maximum absolute atomic E-state index is 5.64. The van der Waals surface area contributed by atoms with Crippen molar-refractivity contribution in [3.05, 3.63) is 0 Å². The second kappa shape index (κ2) is 2.23. The van der Waals surface area contributed by atoms with E-state index in [1.165, 1.54) is 38.5 Å². The average molecular weight is 139 g/mol. The van der Waals surface area contributed by atoms with Crippen LogP contribution < -0.4 is 5.73 Å². The number of nitrogens with two attached hydrogens (primary N) is 1. The zero-order valence-corrected chi connectivity index (χ0v) is 6.60. The minimum atomic E-state index is 0.771. The van der Waals surface area contributed by atoms with Crippen molar-refractivity contribution >= 4 is 0 Å². The van der Waals surface area contributed by atoms with Crippen LogP contribution in [0, 0.1) is 11.3 Å². The first-order chi connectivity index (χ1) is 4.87. The van der Waals surface area contributed by atoms with Crippen LogP contribution in [0.5, 0.6) is 0 Å². The van der Waals surface area contributed by atoms with Gasteiger partial charge >= 0.3 is 0 Å². The first-order valence-corrected chi connectivity index (χ1v) is 4.57. The highest BCUT2D eigenvalue weighted by Gasteiger charge is 2.52. The number of rotatable bonds is 1. The summed E-state index contributed by atoms with van der Waals surface area (Å²) in [4.78, 5) is 0. The molecule has 0 bridgehead atoms. The van der Waals surface area contributed by atoms with Crippen molar-refractivity contribution in [2.75, 3.05) is 6.54 Å². The van der Waals surface area contributed by atoms with Crippen molar-refractivity contribution in [2.24, 2.45) is 17.1 Å². The molecule has 0 heterocycles. The summed E-state index contributed by atoms with van der Waals surface area (Å²) >= 11 is 0. The standard InChI is InChI=1S/C9H17N/c10-7-8-6-9(8)4-2-1-3-5-9/h8H,1-7,10H2/t8-/m1/s1. The molecule has 2 rings (SSSR count). The van der Waals surface area contributed by atoms with Crippen molar-refractivity contribution in [3.63, 3.8) is 0 Å². The molecule has 0 aromatic carbocycles. The summed E-state index contributed by atoms with van der Waals surface area (Å²) in [6.07, 6.45) is 8.82. The highest BCUT2D eigenvalue weighted by atomic mass is 14.7. The fraction of sp³-hybridized carbons (Fsp3) is 1.00. The molecule has 10 heavy (non-hydrogen) atoms. The van der Waals surface area contributed by atoms with Gasteiger partial charge in [-0.1, -0.05) is 19.3 Å². The zero-order valence-electron chi connectivity index (χ0n) is 6.60. The Morgan fingerprint density at radius 3 is 2.40 bits per heavy atom. The van der Waals surface area contributed by atoms with Crippen molar-refractivity contribution in [1.29, 1.82) is 0 Å². The Morgan fingerprint density at radius 1 is 1.20 bits per heavy atom. The molecular weight excluding hydrogens is 122 g/mol. The third-order valence-electron chi connectivity index (χ3n) is 3.49. The lowest BCUT2D eigenvalue weighted by atomic mass is 9.84. The summed E-state index contributed by atoms with van der Waals surface area (Å²) in [5.74, 6) is 0.910. The Bertz CT molecular complexity index is 125. The molecule has 2 aliphatic rings. The van der Waals surface area contributed by atoms with E-state index >= 15 is 0 Å². The van der Waals surface area contributed by atoms with Crippen LogP contribution in [0.15, 0.2) is 0 Å². The third kappa shape index (κ3) is 0.878. The van der Waals surface area contributed by atoms with E-state index in [0.29, 0.717) is 0 Å². The van der Waals surface area contributed by atoms with E-state index in [-0.39, 0.29) is 0 Å². The van der Waals surface area contributed by atoms with Gasteiger partial charge in [-0.3, -0.25) is 0 Å². The van der Waals surface area contributed by atoms with Crippen LogP contribution in [-0.2, 0) is 0 Å². The van der Waals surface area contributed by atoms with Crippen LogP contribution in [0.4, 0.5) is 0 Å². The fourth-order valence-electron chi connectivity index (χ4n) is 2.63. The van der Waals surface area contributed by atoms with Crippen LogP contribution in [0.1, 0.15) is 38.5 Å². The van der Waals surface area contributed by atoms with Crippen LogP contribution in [0.25, 0.3) is 0 Å². The van der Waals surface area contributed by atoms with Gasteiger partial charge in [0.05, 0.1) is 0 Å². The minimum absolute atomic E-state index is 0.771. The van der Waals surface area contributed by atoms with Gasteiger partial charge in [-0.15, -0.1) is 0 Å². The van der Waals surface area contributed by atoms with E-state index in [9.17, 15) is 0 Å². The van der Waals surface area contributed by atoms with E-state index in [1.807, 2.05) is 0 Å². The van der Waals surface area contributed by atoms with Crippen molar-refractivity contribution in [2.45, 2.75) is 38.5 Å². The van der Waals surface area contributed by atoms with Crippen LogP contribution in [-0.4, -0.2) is 6.54 Å². The Kier molecular flexibility index (Phi) is 1.48.